The lowest BCUT2D eigenvalue weighted by atomic mass is 10.0. The predicted molar refractivity (Wildman–Crippen MR) is 104 cm³/mol. The number of amides is 1. The highest BCUT2D eigenvalue weighted by atomic mass is 16.2. The smallest absolute Gasteiger partial charge is 0.326 e. The quantitative estimate of drug-likeness (QED) is 0.894. The highest BCUT2D eigenvalue weighted by Crippen LogP contribution is 2.24. The third kappa shape index (κ3) is 3.70. The lowest BCUT2D eigenvalue weighted by Gasteiger charge is -2.36. The van der Waals surface area contributed by atoms with Gasteiger partial charge < -0.3 is 9.88 Å². The van der Waals surface area contributed by atoms with Gasteiger partial charge in [0.2, 0.25) is 5.91 Å². The van der Waals surface area contributed by atoms with E-state index in [1.165, 1.54) is 0 Å². The predicted octanol–water partition coefficient (Wildman–Crippen LogP) is 2.61. The molecular formula is C20H30N4O2. The molecule has 0 unspecified atom stereocenters. The number of piperidine rings is 1. The molecule has 0 radical (unpaired) electrons. The van der Waals surface area contributed by atoms with Crippen LogP contribution in [0.1, 0.15) is 46.6 Å². The van der Waals surface area contributed by atoms with E-state index in [0.29, 0.717) is 6.54 Å². The maximum atomic E-state index is 12.7. The molecule has 1 aliphatic heterocycles. The van der Waals surface area contributed by atoms with E-state index in [0.717, 1.165) is 37.0 Å². The zero-order chi connectivity index (χ0) is 18.8. The number of carbonyl (C=O) groups is 1. The summed E-state index contributed by atoms with van der Waals surface area (Å²) < 4.78 is 1.89. The van der Waals surface area contributed by atoms with Gasteiger partial charge in [-0.25, -0.2) is 4.79 Å². The summed E-state index contributed by atoms with van der Waals surface area (Å²) in [5.41, 5.74) is 1.82. The van der Waals surface area contributed by atoms with Crippen LogP contribution in [0.15, 0.2) is 29.1 Å². The van der Waals surface area contributed by atoms with Crippen LogP contribution in [-0.2, 0) is 4.79 Å². The van der Waals surface area contributed by atoms with Crippen molar-refractivity contribution in [2.75, 3.05) is 19.6 Å². The molecule has 2 heterocycles. The second kappa shape index (κ2) is 7.66. The summed E-state index contributed by atoms with van der Waals surface area (Å²) in [7, 11) is 0. The first-order chi connectivity index (χ1) is 12.4. The highest BCUT2D eigenvalue weighted by molar-refractivity contribution is 5.79. The van der Waals surface area contributed by atoms with Crippen LogP contribution in [0.2, 0.25) is 0 Å². The number of aromatic nitrogens is 2. The number of nitrogens with zero attached hydrogens (tertiary/aromatic N) is 3. The van der Waals surface area contributed by atoms with E-state index in [1.54, 1.807) is 0 Å². The van der Waals surface area contributed by atoms with Crippen LogP contribution in [0, 0.1) is 0 Å². The zero-order valence-electron chi connectivity index (χ0n) is 16.2. The Kier molecular flexibility index (Phi) is 5.51. The second-order valence-electron chi connectivity index (χ2n) is 7.81. The summed E-state index contributed by atoms with van der Waals surface area (Å²) in [4.78, 5) is 32.1. The van der Waals surface area contributed by atoms with Gasteiger partial charge in [-0.3, -0.25) is 14.3 Å². The van der Waals surface area contributed by atoms with Gasteiger partial charge >= 0.3 is 5.69 Å². The Morgan fingerprint density at radius 1 is 1.15 bits per heavy atom. The molecule has 26 heavy (non-hydrogen) atoms. The first-order valence-corrected chi connectivity index (χ1v) is 9.61. The number of H-pyrrole nitrogens is 1. The molecular weight excluding hydrogens is 328 g/mol. The number of aromatic amines is 1. The highest BCUT2D eigenvalue weighted by Gasteiger charge is 2.27. The van der Waals surface area contributed by atoms with E-state index >= 15 is 0 Å². The lowest BCUT2D eigenvalue weighted by Crippen LogP contribution is -2.48. The fraction of sp³-hybridized carbons (Fsp3) is 0.600. The number of fused-ring (bicyclic) bond motifs is 1. The summed E-state index contributed by atoms with van der Waals surface area (Å²) in [6, 6.07) is 8.45. The van der Waals surface area contributed by atoms with E-state index < -0.39 is 0 Å². The number of hydrogen-bond acceptors (Lipinski definition) is 3. The normalized spacial score (nSPS) is 16.7. The molecule has 1 saturated heterocycles. The molecule has 0 bridgehead atoms. The van der Waals surface area contributed by atoms with Crippen molar-refractivity contribution < 1.29 is 4.79 Å². The molecule has 0 atom stereocenters. The third-order valence-corrected chi connectivity index (χ3v) is 5.31. The van der Waals surface area contributed by atoms with Crippen LogP contribution < -0.4 is 5.69 Å². The van der Waals surface area contributed by atoms with Crippen molar-refractivity contribution in [2.24, 2.45) is 0 Å². The van der Waals surface area contributed by atoms with Gasteiger partial charge in [0.15, 0.2) is 0 Å². The van der Waals surface area contributed by atoms with Crippen LogP contribution in [0.4, 0.5) is 0 Å². The van der Waals surface area contributed by atoms with Crippen LogP contribution in [0.5, 0.6) is 0 Å². The van der Waals surface area contributed by atoms with E-state index in [-0.39, 0.29) is 29.7 Å². The standard InChI is InChI=1S/C20H30N4O2/c1-14(2)23(15(3)4)19(25)13-22-11-9-16(10-12-22)24-18-8-6-5-7-17(18)21-20(24)26/h5-8,14-16H,9-13H2,1-4H3,(H,21,26). The number of likely N-dealkylation sites (tertiary alicyclic amines) is 1. The summed E-state index contributed by atoms with van der Waals surface area (Å²) >= 11 is 0. The summed E-state index contributed by atoms with van der Waals surface area (Å²) in [6.45, 7) is 10.4. The number of imidazole rings is 1. The molecule has 6 heteroatoms. The van der Waals surface area contributed by atoms with Crippen molar-refractivity contribution in [1.82, 2.24) is 19.4 Å². The number of benzene rings is 1. The molecule has 0 saturated carbocycles. The van der Waals surface area contributed by atoms with Crippen LogP contribution in [-0.4, -0.2) is 57.0 Å². The molecule has 1 fully saturated rings. The van der Waals surface area contributed by atoms with Crippen molar-refractivity contribution in [3.63, 3.8) is 0 Å². The van der Waals surface area contributed by atoms with Gasteiger partial charge in [0, 0.05) is 31.2 Å². The van der Waals surface area contributed by atoms with Gasteiger partial charge in [0.1, 0.15) is 0 Å². The Hall–Kier alpha value is -2.08. The number of hydrogen-bond donors (Lipinski definition) is 1. The Morgan fingerprint density at radius 3 is 2.38 bits per heavy atom. The molecule has 1 aromatic carbocycles. The average Bonchev–Trinajstić information content (AvgIpc) is 2.90. The molecule has 0 spiro atoms. The minimum Gasteiger partial charge on any atom is -0.337 e. The van der Waals surface area contributed by atoms with Crippen molar-refractivity contribution in [1.29, 1.82) is 0 Å². The summed E-state index contributed by atoms with van der Waals surface area (Å²) in [5.74, 6) is 0.192. The maximum absolute atomic E-state index is 12.7. The van der Waals surface area contributed by atoms with Crippen LogP contribution >= 0.6 is 0 Å². The topological polar surface area (TPSA) is 61.3 Å². The van der Waals surface area contributed by atoms with Gasteiger partial charge in [-0.15, -0.1) is 0 Å². The van der Waals surface area contributed by atoms with Crippen LogP contribution in [0.25, 0.3) is 11.0 Å². The Balaban J connectivity index is 1.65. The number of rotatable bonds is 5. The molecule has 1 amide bonds. The molecule has 142 valence electrons. The minimum atomic E-state index is -0.0356. The van der Waals surface area contributed by atoms with Crippen LogP contribution in [0.3, 0.4) is 0 Å². The Morgan fingerprint density at radius 2 is 1.77 bits per heavy atom. The Labute approximate surface area is 154 Å². The summed E-state index contributed by atoms with van der Waals surface area (Å²) in [5, 5.41) is 0. The molecule has 6 nitrogen and oxygen atoms in total. The largest absolute Gasteiger partial charge is 0.337 e. The van der Waals surface area contributed by atoms with E-state index in [4.69, 9.17) is 0 Å². The molecule has 1 aliphatic rings. The van der Waals surface area contributed by atoms with E-state index in [9.17, 15) is 9.59 Å². The van der Waals surface area contributed by atoms with Crippen molar-refractivity contribution in [2.45, 2.75) is 58.7 Å². The van der Waals surface area contributed by atoms with E-state index in [1.807, 2.05) is 33.7 Å². The maximum Gasteiger partial charge on any atom is 0.326 e. The van der Waals surface area contributed by atoms with Gasteiger partial charge in [-0.2, -0.15) is 0 Å². The van der Waals surface area contributed by atoms with Gasteiger partial charge in [0.05, 0.1) is 17.6 Å². The SMILES string of the molecule is CC(C)N(C(=O)CN1CCC(n2c(=O)[nH]c3ccccc32)CC1)C(C)C. The molecule has 3 rings (SSSR count). The van der Waals surface area contributed by atoms with E-state index in [2.05, 4.69) is 37.6 Å². The number of carbonyl (C=O) groups excluding carboxylic acids is 1. The van der Waals surface area contributed by atoms with Gasteiger partial charge in [-0.05, 0) is 52.7 Å². The minimum absolute atomic E-state index is 0.0356. The fourth-order valence-electron chi connectivity index (χ4n) is 4.22. The monoisotopic (exact) mass is 358 g/mol. The molecule has 1 N–H and O–H groups in total. The summed E-state index contributed by atoms with van der Waals surface area (Å²) in [6.07, 6.45) is 1.77. The third-order valence-electron chi connectivity index (χ3n) is 5.31. The van der Waals surface area contributed by atoms with Crippen molar-refractivity contribution >= 4 is 16.9 Å². The first kappa shape index (κ1) is 18.7. The zero-order valence-corrected chi connectivity index (χ0v) is 16.2. The Bertz CT molecular complexity index is 805. The molecule has 0 aliphatic carbocycles. The number of para-hydroxylation sites is 2. The van der Waals surface area contributed by atoms with Crippen molar-refractivity contribution in [3.8, 4) is 0 Å². The van der Waals surface area contributed by atoms with Gasteiger partial charge in [-0.1, -0.05) is 12.1 Å². The van der Waals surface area contributed by atoms with Crippen molar-refractivity contribution in [3.05, 3.63) is 34.7 Å². The van der Waals surface area contributed by atoms with Gasteiger partial charge in [0.25, 0.3) is 0 Å². The average molecular weight is 358 g/mol. The number of nitrogens with one attached hydrogen (secondary N) is 1. The fourth-order valence-corrected chi connectivity index (χ4v) is 4.22. The lowest BCUT2D eigenvalue weighted by molar-refractivity contribution is -0.136. The molecule has 2 aromatic rings. The first-order valence-electron chi connectivity index (χ1n) is 9.61. The second-order valence-corrected chi connectivity index (χ2v) is 7.81. The molecule has 1 aromatic heterocycles.